The Balaban J connectivity index is 2.19. The van der Waals surface area contributed by atoms with Gasteiger partial charge in [0.25, 0.3) is 0 Å². The first-order valence-electron chi connectivity index (χ1n) is 4.53. The first kappa shape index (κ1) is 10.0. The molecule has 0 spiro atoms. The summed E-state index contributed by atoms with van der Waals surface area (Å²) in [5.41, 5.74) is -0.0332. The van der Waals surface area contributed by atoms with Crippen molar-refractivity contribution >= 4 is 5.97 Å². The fraction of sp³-hybridized carbons (Fsp3) is 0.444. The number of hydrogen-bond donors (Lipinski definition) is 1. The van der Waals surface area contributed by atoms with Gasteiger partial charge in [0.1, 0.15) is 6.10 Å². The highest BCUT2D eigenvalue weighted by atomic mass is 16.6. The van der Waals surface area contributed by atoms with Crippen LogP contribution in [0.25, 0.3) is 0 Å². The van der Waals surface area contributed by atoms with E-state index in [4.69, 9.17) is 14.6 Å². The number of aromatic nitrogens is 2. The molecule has 1 aliphatic heterocycles. The molecule has 0 aliphatic carbocycles. The molecule has 0 radical (unpaired) electrons. The van der Waals surface area contributed by atoms with Crippen molar-refractivity contribution in [3.8, 4) is 0 Å². The van der Waals surface area contributed by atoms with Crippen molar-refractivity contribution in [1.82, 2.24) is 9.97 Å². The van der Waals surface area contributed by atoms with E-state index < -0.39 is 5.97 Å². The molecule has 1 unspecified atom stereocenters. The van der Waals surface area contributed by atoms with Crippen molar-refractivity contribution in [2.24, 2.45) is 0 Å². The zero-order valence-electron chi connectivity index (χ0n) is 7.92. The number of hydrogen-bond acceptors (Lipinski definition) is 5. The number of carbonyl (C=O) groups is 1. The monoisotopic (exact) mass is 210 g/mol. The highest BCUT2D eigenvalue weighted by Crippen LogP contribution is 2.16. The maximum absolute atomic E-state index is 10.7. The molecule has 1 atom stereocenters. The zero-order chi connectivity index (χ0) is 10.7. The van der Waals surface area contributed by atoms with Crippen LogP contribution in [0.4, 0.5) is 0 Å². The molecule has 1 N–H and O–H groups in total. The van der Waals surface area contributed by atoms with Crippen molar-refractivity contribution in [1.29, 1.82) is 0 Å². The largest absolute Gasteiger partial charge is 0.477 e. The van der Waals surface area contributed by atoms with Crippen LogP contribution in [0.1, 0.15) is 22.4 Å². The van der Waals surface area contributed by atoms with Gasteiger partial charge >= 0.3 is 5.97 Å². The summed E-state index contributed by atoms with van der Waals surface area (Å²) in [5, 5.41) is 8.75. The van der Waals surface area contributed by atoms with Gasteiger partial charge in [0.15, 0.2) is 11.5 Å². The SMILES string of the molecule is O=C(O)c1ccnc(C2COCCO2)n1. The van der Waals surface area contributed by atoms with Crippen molar-refractivity contribution in [3.05, 3.63) is 23.8 Å². The van der Waals surface area contributed by atoms with Gasteiger partial charge in [-0.3, -0.25) is 0 Å². The average molecular weight is 210 g/mol. The quantitative estimate of drug-likeness (QED) is 0.754. The Morgan fingerprint density at radius 2 is 2.40 bits per heavy atom. The molecule has 2 heterocycles. The molecule has 15 heavy (non-hydrogen) atoms. The number of ether oxygens (including phenoxy) is 2. The summed E-state index contributed by atoms with van der Waals surface area (Å²) in [6.45, 7) is 1.39. The molecule has 2 rings (SSSR count). The summed E-state index contributed by atoms with van der Waals surface area (Å²) in [6, 6.07) is 1.34. The topological polar surface area (TPSA) is 81.5 Å². The maximum Gasteiger partial charge on any atom is 0.354 e. The van der Waals surface area contributed by atoms with Crippen LogP contribution in [-0.2, 0) is 9.47 Å². The van der Waals surface area contributed by atoms with Gasteiger partial charge in [-0.15, -0.1) is 0 Å². The Bertz CT molecular complexity index is 363. The van der Waals surface area contributed by atoms with Crippen molar-refractivity contribution in [3.63, 3.8) is 0 Å². The molecule has 6 nitrogen and oxygen atoms in total. The lowest BCUT2D eigenvalue weighted by atomic mass is 10.3. The van der Waals surface area contributed by atoms with Crippen molar-refractivity contribution in [2.75, 3.05) is 19.8 Å². The van der Waals surface area contributed by atoms with Gasteiger partial charge in [-0.05, 0) is 6.07 Å². The zero-order valence-corrected chi connectivity index (χ0v) is 7.92. The molecule has 1 saturated heterocycles. The minimum absolute atomic E-state index is 0.0332. The second kappa shape index (κ2) is 4.33. The molecule has 6 heteroatoms. The van der Waals surface area contributed by atoms with Crippen LogP contribution < -0.4 is 0 Å². The first-order valence-corrected chi connectivity index (χ1v) is 4.53. The summed E-state index contributed by atoms with van der Waals surface area (Å²) >= 11 is 0. The second-order valence-corrected chi connectivity index (χ2v) is 3.04. The summed E-state index contributed by atoms with van der Waals surface area (Å²) in [5.74, 6) is -0.718. The third-order valence-corrected chi connectivity index (χ3v) is 2.00. The summed E-state index contributed by atoms with van der Waals surface area (Å²) in [7, 11) is 0. The summed E-state index contributed by atoms with van der Waals surface area (Å²) in [6.07, 6.45) is 1.04. The molecular formula is C9H10N2O4. The molecule has 1 fully saturated rings. The third-order valence-electron chi connectivity index (χ3n) is 2.00. The van der Waals surface area contributed by atoms with Gasteiger partial charge in [0.05, 0.1) is 19.8 Å². The lowest BCUT2D eigenvalue weighted by molar-refractivity contribution is -0.0935. The Kier molecular flexibility index (Phi) is 2.89. The lowest BCUT2D eigenvalue weighted by Gasteiger charge is -2.21. The third kappa shape index (κ3) is 2.28. The molecular weight excluding hydrogens is 200 g/mol. The van der Waals surface area contributed by atoms with Crippen LogP contribution in [0.15, 0.2) is 12.3 Å². The van der Waals surface area contributed by atoms with Crippen LogP contribution >= 0.6 is 0 Å². The first-order chi connectivity index (χ1) is 7.27. The number of aromatic carboxylic acids is 1. The Hall–Kier alpha value is -1.53. The molecule has 0 bridgehead atoms. The highest BCUT2D eigenvalue weighted by molar-refractivity contribution is 5.85. The number of carboxylic acid groups (broad SMARTS) is 1. The number of nitrogens with zero attached hydrogens (tertiary/aromatic N) is 2. The molecule has 1 aromatic rings. The van der Waals surface area contributed by atoms with Gasteiger partial charge in [0, 0.05) is 6.20 Å². The minimum Gasteiger partial charge on any atom is -0.477 e. The van der Waals surface area contributed by atoms with E-state index in [9.17, 15) is 4.79 Å². The van der Waals surface area contributed by atoms with Crippen LogP contribution in [0.3, 0.4) is 0 Å². The molecule has 0 saturated carbocycles. The number of rotatable bonds is 2. The molecule has 1 aromatic heterocycles. The Morgan fingerprint density at radius 3 is 3.07 bits per heavy atom. The summed E-state index contributed by atoms with van der Waals surface area (Å²) in [4.78, 5) is 18.5. The smallest absolute Gasteiger partial charge is 0.354 e. The fourth-order valence-electron chi connectivity index (χ4n) is 1.28. The van der Waals surface area contributed by atoms with E-state index >= 15 is 0 Å². The van der Waals surface area contributed by atoms with Crippen LogP contribution in [0.5, 0.6) is 0 Å². The van der Waals surface area contributed by atoms with Gasteiger partial charge in [-0.2, -0.15) is 0 Å². The van der Waals surface area contributed by atoms with Gasteiger partial charge in [-0.25, -0.2) is 14.8 Å². The van der Waals surface area contributed by atoms with Crippen LogP contribution in [-0.4, -0.2) is 40.9 Å². The van der Waals surface area contributed by atoms with E-state index in [0.717, 1.165) is 0 Å². The van der Waals surface area contributed by atoms with E-state index in [0.29, 0.717) is 25.6 Å². The predicted octanol–water partition coefficient (Wildman–Crippen LogP) is 0.263. The van der Waals surface area contributed by atoms with Crippen LogP contribution in [0, 0.1) is 0 Å². The van der Waals surface area contributed by atoms with E-state index in [1.807, 2.05) is 0 Å². The predicted molar refractivity (Wildman–Crippen MR) is 48.5 cm³/mol. The van der Waals surface area contributed by atoms with Crippen molar-refractivity contribution in [2.45, 2.75) is 6.10 Å². The normalized spacial score (nSPS) is 21.2. The average Bonchev–Trinajstić information content (AvgIpc) is 2.30. The maximum atomic E-state index is 10.7. The second-order valence-electron chi connectivity index (χ2n) is 3.04. The van der Waals surface area contributed by atoms with E-state index in [-0.39, 0.29) is 11.8 Å². The Labute approximate surface area is 85.9 Å². The van der Waals surface area contributed by atoms with Crippen LogP contribution in [0.2, 0.25) is 0 Å². The molecule has 80 valence electrons. The number of carboxylic acids is 1. The Morgan fingerprint density at radius 1 is 1.53 bits per heavy atom. The standard InChI is InChI=1S/C9H10N2O4/c12-9(13)6-1-2-10-8(11-6)7-5-14-3-4-15-7/h1-2,7H,3-5H2,(H,12,13). The van der Waals surface area contributed by atoms with E-state index in [2.05, 4.69) is 9.97 Å². The summed E-state index contributed by atoms with van der Waals surface area (Å²) < 4.78 is 10.5. The van der Waals surface area contributed by atoms with E-state index in [1.165, 1.54) is 12.3 Å². The van der Waals surface area contributed by atoms with Crippen molar-refractivity contribution < 1.29 is 19.4 Å². The molecule has 1 aliphatic rings. The van der Waals surface area contributed by atoms with E-state index in [1.54, 1.807) is 0 Å². The van der Waals surface area contributed by atoms with Gasteiger partial charge < -0.3 is 14.6 Å². The fourth-order valence-corrected chi connectivity index (χ4v) is 1.28. The minimum atomic E-state index is -1.07. The lowest BCUT2D eigenvalue weighted by Crippen LogP contribution is -2.24. The van der Waals surface area contributed by atoms with Gasteiger partial charge in [0.2, 0.25) is 0 Å². The van der Waals surface area contributed by atoms with Gasteiger partial charge in [-0.1, -0.05) is 0 Å². The molecule has 0 aromatic carbocycles. The highest BCUT2D eigenvalue weighted by Gasteiger charge is 2.20. The molecule has 0 amide bonds.